The second-order valence-corrected chi connectivity index (χ2v) is 8.15. The van der Waals surface area contributed by atoms with Crippen molar-refractivity contribution in [3.8, 4) is 0 Å². The van der Waals surface area contributed by atoms with Crippen LogP contribution in [-0.2, 0) is 24.7 Å². The van der Waals surface area contributed by atoms with Crippen LogP contribution in [0.5, 0.6) is 0 Å². The number of aryl methyl sites for hydroxylation is 2. The first kappa shape index (κ1) is 17.0. The fourth-order valence-corrected chi connectivity index (χ4v) is 4.98. The van der Waals surface area contributed by atoms with Crippen LogP contribution < -0.4 is 16.6 Å². The first-order chi connectivity index (χ1) is 11.4. The number of aromatic nitrogens is 2. The molecule has 1 aliphatic rings. The van der Waals surface area contributed by atoms with Crippen LogP contribution in [0.1, 0.15) is 30.2 Å². The number of carbonyl (C=O) groups is 2. The van der Waals surface area contributed by atoms with Gasteiger partial charge < -0.3 is 5.73 Å². The Kier molecular flexibility index (Phi) is 4.64. The van der Waals surface area contributed by atoms with E-state index in [1.54, 1.807) is 25.3 Å². The maximum absolute atomic E-state index is 12.8. The van der Waals surface area contributed by atoms with E-state index in [0.717, 1.165) is 53.2 Å². The number of thioether (sulfide) groups is 1. The van der Waals surface area contributed by atoms with Crippen molar-refractivity contribution in [1.29, 1.82) is 0 Å². The van der Waals surface area contributed by atoms with Gasteiger partial charge in [0.1, 0.15) is 4.83 Å². The fraction of sp³-hybridized carbons (Fsp3) is 0.467. The van der Waals surface area contributed by atoms with Gasteiger partial charge in [0, 0.05) is 11.9 Å². The zero-order valence-electron chi connectivity index (χ0n) is 13.4. The van der Waals surface area contributed by atoms with E-state index in [0.29, 0.717) is 5.16 Å². The Morgan fingerprint density at radius 3 is 2.79 bits per heavy atom. The average molecular weight is 366 g/mol. The third-order valence-corrected chi connectivity index (χ3v) is 6.38. The van der Waals surface area contributed by atoms with E-state index < -0.39 is 17.2 Å². The van der Waals surface area contributed by atoms with E-state index in [-0.39, 0.29) is 5.56 Å². The van der Waals surface area contributed by atoms with Gasteiger partial charge in [-0.3, -0.25) is 19.5 Å². The molecule has 9 heteroatoms. The first-order valence-corrected chi connectivity index (χ1v) is 9.36. The zero-order chi connectivity index (χ0) is 17.4. The Labute approximate surface area is 146 Å². The van der Waals surface area contributed by atoms with Crippen molar-refractivity contribution < 1.29 is 9.59 Å². The van der Waals surface area contributed by atoms with Crippen LogP contribution in [-0.4, -0.2) is 26.7 Å². The number of fused-ring (bicyclic) bond motifs is 3. The van der Waals surface area contributed by atoms with Crippen molar-refractivity contribution in [1.82, 2.24) is 14.9 Å². The van der Waals surface area contributed by atoms with Gasteiger partial charge >= 0.3 is 6.03 Å². The van der Waals surface area contributed by atoms with Crippen molar-refractivity contribution in [2.24, 2.45) is 12.8 Å². The number of thiophene rings is 1. The highest BCUT2D eigenvalue weighted by Gasteiger charge is 2.23. The van der Waals surface area contributed by atoms with Crippen LogP contribution in [0.3, 0.4) is 0 Å². The van der Waals surface area contributed by atoms with Crippen LogP contribution in [0.25, 0.3) is 10.2 Å². The third-order valence-electron chi connectivity index (χ3n) is 4.05. The van der Waals surface area contributed by atoms with Crippen molar-refractivity contribution in [2.45, 2.75) is 43.0 Å². The van der Waals surface area contributed by atoms with E-state index in [1.807, 2.05) is 5.32 Å². The minimum absolute atomic E-state index is 0.0793. The number of amides is 3. The monoisotopic (exact) mass is 366 g/mol. The van der Waals surface area contributed by atoms with Crippen LogP contribution in [0.2, 0.25) is 0 Å². The van der Waals surface area contributed by atoms with Gasteiger partial charge in [0.05, 0.1) is 10.6 Å². The highest BCUT2D eigenvalue weighted by atomic mass is 32.2. The molecule has 1 atom stereocenters. The van der Waals surface area contributed by atoms with Gasteiger partial charge in [-0.05, 0) is 38.2 Å². The Balaban J connectivity index is 1.98. The summed E-state index contributed by atoms with van der Waals surface area (Å²) in [4.78, 5) is 41.9. The van der Waals surface area contributed by atoms with Crippen LogP contribution in [0, 0.1) is 0 Å². The van der Waals surface area contributed by atoms with Gasteiger partial charge in [-0.1, -0.05) is 11.8 Å². The topological polar surface area (TPSA) is 107 Å². The van der Waals surface area contributed by atoms with Gasteiger partial charge in [-0.2, -0.15) is 0 Å². The van der Waals surface area contributed by atoms with E-state index in [4.69, 9.17) is 5.73 Å². The van der Waals surface area contributed by atoms with E-state index in [2.05, 4.69) is 4.98 Å². The summed E-state index contributed by atoms with van der Waals surface area (Å²) in [6.45, 7) is 1.64. The predicted octanol–water partition coefficient (Wildman–Crippen LogP) is 1.55. The Morgan fingerprint density at radius 1 is 1.38 bits per heavy atom. The summed E-state index contributed by atoms with van der Waals surface area (Å²) in [6, 6.07) is -0.893. The summed E-state index contributed by atoms with van der Waals surface area (Å²) in [7, 11) is 1.66. The highest BCUT2D eigenvalue weighted by molar-refractivity contribution is 8.00. The maximum atomic E-state index is 12.8. The molecular formula is C15H18N4O3S2. The number of carbonyl (C=O) groups excluding carboxylic acids is 2. The molecule has 0 saturated carbocycles. The molecule has 7 nitrogen and oxygen atoms in total. The van der Waals surface area contributed by atoms with Crippen LogP contribution in [0.4, 0.5) is 4.79 Å². The normalized spacial score (nSPS) is 15.1. The summed E-state index contributed by atoms with van der Waals surface area (Å²) in [5.41, 5.74) is 6.02. The van der Waals surface area contributed by atoms with Crippen molar-refractivity contribution >= 4 is 45.3 Å². The van der Waals surface area contributed by atoms with Gasteiger partial charge in [0.25, 0.3) is 5.56 Å². The molecule has 0 spiro atoms. The number of hydrogen-bond donors (Lipinski definition) is 2. The lowest BCUT2D eigenvalue weighted by Gasteiger charge is -2.13. The molecule has 24 heavy (non-hydrogen) atoms. The summed E-state index contributed by atoms with van der Waals surface area (Å²) in [5.74, 6) is -0.507. The lowest BCUT2D eigenvalue weighted by molar-refractivity contribution is -0.119. The van der Waals surface area contributed by atoms with E-state index in [1.165, 1.54) is 9.44 Å². The molecule has 0 saturated heterocycles. The number of rotatable bonds is 3. The smallest absolute Gasteiger partial charge is 0.318 e. The summed E-state index contributed by atoms with van der Waals surface area (Å²) < 4.78 is 1.47. The molecule has 0 aromatic carbocycles. The number of primary amides is 1. The number of nitrogens with two attached hydrogens (primary N) is 1. The molecule has 1 aliphatic carbocycles. The van der Waals surface area contributed by atoms with Crippen LogP contribution in [0.15, 0.2) is 9.95 Å². The van der Waals surface area contributed by atoms with E-state index >= 15 is 0 Å². The van der Waals surface area contributed by atoms with Crippen molar-refractivity contribution in [3.05, 3.63) is 20.8 Å². The average Bonchev–Trinajstić information content (AvgIpc) is 2.89. The number of nitrogens with zero attached hydrogens (tertiary/aromatic N) is 2. The summed E-state index contributed by atoms with van der Waals surface area (Å²) in [5, 5.41) is 2.62. The number of hydrogen-bond acceptors (Lipinski definition) is 6. The summed E-state index contributed by atoms with van der Waals surface area (Å²) >= 11 is 2.70. The molecule has 2 aromatic rings. The minimum atomic E-state index is -0.893. The highest BCUT2D eigenvalue weighted by Crippen LogP contribution is 2.34. The van der Waals surface area contributed by atoms with Gasteiger partial charge in [-0.25, -0.2) is 9.78 Å². The van der Waals surface area contributed by atoms with E-state index in [9.17, 15) is 14.4 Å². The first-order valence-electron chi connectivity index (χ1n) is 7.66. The number of urea groups is 1. The Morgan fingerprint density at radius 2 is 2.08 bits per heavy atom. The maximum Gasteiger partial charge on any atom is 0.318 e. The molecule has 0 radical (unpaired) electrons. The second-order valence-electron chi connectivity index (χ2n) is 5.76. The van der Waals surface area contributed by atoms with Crippen molar-refractivity contribution in [3.63, 3.8) is 0 Å². The number of imide groups is 1. The molecule has 2 heterocycles. The molecule has 0 bridgehead atoms. The van der Waals surface area contributed by atoms with Crippen molar-refractivity contribution in [2.75, 3.05) is 0 Å². The Hall–Kier alpha value is -1.87. The Bertz CT molecular complexity index is 887. The minimum Gasteiger partial charge on any atom is -0.351 e. The molecule has 128 valence electrons. The fourth-order valence-electron chi connectivity index (χ4n) is 2.81. The standard InChI is InChI=1S/C15H18N4O3S2/c1-7(11(20)17-14(16)22)23-15-18-12-10(13(21)19(15)2)8-5-3-4-6-9(8)24-12/h7H,3-6H2,1-2H3,(H3,16,17,20,22)/t7-/m0/s1. The third kappa shape index (κ3) is 3.05. The SMILES string of the molecule is C[C@H](Sc1nc2sc3c(c2c(=O)n1C)CCCC3)C(=O)NC(N)=O. The molecule has 3 amide bonds. The molecule has 2 aromatic heterocycles. The zero-order valence-corrected chi connectivity index (χ0v) is 15.1. The van der Waals surface area contributed by atoms with Crippen LogP contribution >= 0.6 is 23.1 Å². The number of nitrogens with one attached hydrogen (secondary N) is 1. The molecule has 0 fully saturated rings. The lowest BCUT2D eigenvalue weighted by Crippen LogP contribution is -2.39. The van der Waals surface area contributed by atoms with Gasteiger partial charge in [0.15, 0.2) is 5.16 Å². The predicted molar refractivity (Wildman–Crippen MR) is 94.5 cm³/mol. The molecular weight excluding hydrogens is 348 g/mol. The largest absolute Gasteiger partial charge is 0.351 e. The lowest BCUT2D eigenvalue weighted by atomic mass is 9.97. The van der Waals surface area contributed by atoms with Gasteiger partial charge in [-0.15, -0.1) is 11.3 Å². The molecule has 0 aliphatic heterocycles. The molecule has 0 unspecified atom stereocenters. The quantitative estimate of drug-likeness (QED) is 0.633. The molecule has 3 rings (SSSR count). The second kappa shape index (κ2) is 6.56. The molecule has 3 N–H and O–H groups in total. The van der Waals surface area contributed by atoms with Gasteiger partial charge in [0.2, 0.25) is 5.91 Å². The summed E-state index contributed by atoms with van der Waals surface area (Å²) in [6.07, 6.45) is 4.17.